The van der Waals surface area contributed by atoms with Gasteiger partial charge in [0.05, 0.1) is 24.7 Å². The molecule has 0 spiro atoms. The Morgan fingerprint density at radius 1 is 0.811 bits per heavy atom. The second kappa shape index (κ2) is 13.7. The van der Waals surface area contributed by atoms with Crippen molar-refractivity contribution in [2.45, 2.75) is 168 Å². The van der Waals surface area contributed by atoms with Crippen LogP contribution in [0.25, 0.3) is 0 Å². The van der Waals surface area contributed by atoms with Crippen molar-refractivity contribution in [3.05, 3.63) is 11.6 Å². The highest BCUT2D eigenvalue weighted by molar-refractivity contribution is 5.79. The molecule has 7 N–H and O–H groups in total. The van der Waals surface area contributed by atoms with Crippen molar-refractivity contribution in [2.75, 3.05) is 13.2 Å². The van der Waals surface area contributed by atoms with E-state index in [-0.39, 0.29) is 46.2 Å². The minimum Gasteiger partial charge on any atom is -0.432 e. The zero-order valence-corrected chi connectivity index (χ0v) is 32.7. The van der Waals surface area contributed by atoms with Gasteiger partial charge >= 0.3 is 5.97 Å². The largest absolute Gasteiger partial charge is 0.432 e. The van der Waals surface area contributed by atoms with Gasteiger partial charge in [0.2, 0.25) is 6.29 Å². The summed E-state index contributed by atoms with van der Waals surface area (Å²) in [5.74, 6) is 0.815. The van der Waals surface area contributed by atoms with Crippen molar-refractivity contribution >= 4 is 5.97 Å². The molecular formula is C41H66O12. The summed E-state index contributed by atoms with van der Waals surface area (Å²) in [6.07, 6.45) is -2.31. The molecule has 4 saturated carbocycles. The number of aliphatic hydroxyl groups excluding tert-OH is 7. The third-order valence-electron chi connectivity index (χ3n) is 17.2. The van der Waals surface area contributed by atoms with Gasteiger partial charge in [0, 0.05) is 0 Å². The molecule has 2 aliphatic heterocycles. The molecule has 0 amide bonds. The Bertz CT molecular complexity index is 1420. The van der Waals surface area contributed by atoms with E-state index in [0.29, 0.717) is 30.6 Å². The zero-order valence-electron chi connectivity index (χ0n) is 32.7. The van der Waals surface area contributed by atoms with Gasteiger partial charge in [-0.2, -0.15) is 0 Å². The van der Waals surface area contributed by atoms with Gasteiger partial charge in [-0.05, 0) is 109 Å². The van der Waals surface area contributed by atoms with Gasteiger partial charge in [-0.3, -0.25) is 4.79 Å². The lowest BCUT2D eigenvalue weighted by atomic mass is 9.33. The van der Waals surface area contributed by atoms with Crippen LogP contribution >= 0.6 is 0 Å². The first kappa shape index (κ1) is 40.0. The first-order valence-corrected chi connectivity index (χ1v) is 20.3. The van der Waals surface area contributed by atoms with Crippen LogP contribution in [0, 0.1) is 56.7 Å². The second-order valence-electron chi connectivity index (χ2n) is 19.6. The van der Waals surface area contributed by atoms with Gasteiger partial charge in [-0.1, -0.05) is 60.1 Å². The number of carbonyl (C=O) groups is 1. The fourth-order valence-corrected chi connectivity index (χ4v) is 13.5. The van der Waals surface area contributed by atoms with E-state index >= 15 is 0 Å². The van der Waals surface area contributed by atoms with Crippen molar-refractivity contribution in [1.29, 1.82) is 0 Å². The van der Waals surface area contributed by atoms with Crippen LogP contribution in [-0.4, -0.2) is 116 Å². The first-order chi connectivity index (χ1) is 24.8. The van der Waals surface area contributed by atoms with Crippen molar-refractivity contribution in [3.63, 3.8) is 0 Å². The van der Waals surface area contributed by atoms with Crippen LogP contribution in [-0.2, 0) is 23.7 Å². The van der Waals surface area contributed by atoms with Crippen LogP contribution < -0.4 is 0 Å². The average molecular weight is 751 g/mol. The molecule has 19 unspecified atom stereocenters. The first-order valence-electron chi connectivity index (χ1n) is 20.3. The van der Waals surface area contributed by atoms with Crippen LogP contribution in [0.4, 0.5) is 0 Å². The summed E-state index contributed by atoms with van der Waals surface area (Å²) in [6.45, 7) is 15.8. The molecule has 53 heavy (non-hydrogen) atoms. The third-order valence-corrected chi connectivity index (χ3v) is 17.2. The molecule has 6 fully saturated rings. The zero-order chi connectivity index (χ0) is 38.6. The van der Waals surface area contributed by atoms with E-state index in [1.165, 1.54) is 5.57 Å². The number of fused-ring (bicyclic) bond motifs is 7. The molecule has 19 atom stereocenters. The molecule has 5 aliphatic carbocycles. The molecule has 0 aromatic rings. The Morgan fingerprint density at radius 3 is 2.21 bits per heavy atom. The normalized spacial score (nSPS) is 55.1. The number of rotatable bonds is 5. The Balaban J connectivity index is 1.17. The Labute approximate surface area is 314 Å². The number of esters is 1. The van der Waals surface area contributed by atoms with Gasteiger partial charge in [-0.15, -0.1) is 0 Å². The highest BCUT2D eigenvalue weighted by Gasteiger charge is 2.70. The van der Waals surface area contributed by atoms with Crippen molar-refractivity contribution in [3.8, 4) is 0 Å². The van der Waals surface area contributed by atoms with Crippen LogP contribution in [0.5, 0.6) is 0 Å². The maximum absolute atomic E-state index is 14.6. The molecule has 7 aliphatic rings. The second-order valence-corrected chi connectivity index (χ2v) is 19.6. The van der Waals surface area contributed by atoms with Crippen molar-refractivity contribution in [1.82, 2.24) is 0 Å². The predicted molar refractivity (Wildman–Crippen MR) is 191 cm³/mol. The maximum atomic E-state index is 14.6. The molecule has 0 aromatic heterocycles. The number of aliphatic hydroxyl groups is 7. The van der Waals surface area contributed by atoms with Crippen LogP contribution in [0.3, 0.4) is 0 Å². The lowest BCUT2D eigenvalue weighted by Crippen LogP contribution is -2.66. The third kappa shape index (κ3) is 5.77. The van der Waals surface area contributed by atoms with E-state index in [0.717, 1.165) is 44.9 Å². The molecule has 0 bridgehead atoms. The maximum Gasteiger partial charge on any atom is 0.315 e. The summed E-state index contributed by atoms with van der Waals surface area (Å²) < 4.78 is 23.8. The number of hydrogen-bond donors (Lipinski definition) is 7. The minimum absolute atomic E-state index is 0.00515. The van der Waals surface area contributed by atoms with Gasteiger partial charge in [-0.25, -0.2) is 0 Å². The van der Waals surface area contributed by atoms with E-state index in [1.54, 1.807) is 0 Å². The Hall–Kier alpha value is -1.19. The number of carbonyl (C=O) groups excluding carboxylic acids is 1. The summed E-state index contributed by atoms with van der Waals surface area (Å²) >= 11 is 0. The molecule has 0 radical (unpaired) electrons. The van der Waals surface area contributed by atoms with Gasteiger partial charge in [0.15, 0.2) is 6.29 Å². The van der Waals surface area contributed by atoms with Crippen LogP contribution in [0.15, 0.2) is 11.6 Å². The predicted octanol–water partition coefficient (Wildman–Crippen LogP) is 2.81. The van der Waals surface area contributed by atoms with Crippen LogP contribution in [0.1, 0.15) is 106 Å². The minimum atomic E-state index is -1.64. The SMILES string of the molecule is CC1CCC2(C(=O)OC3OC(CO)C(O)C(O)C3O)CCC3(C)C(=CCC4C5(C)CCC(OC6OCC(O)C(O)C6O)C(C)(C)C5CCC43C)C2C1C. The van der Waals surface area contributed by atoms with Gasteiger partial charge in [0.25, 0.3) is 0 Å². The lowest BCUT2D eigenvalue weighted by molar-refractivity contribution is -0.308. The summed E-state index contributed by atoms with van der Waals surface area (Å²) in [5.41, 5.74) is 0.0874. The van der Waals surface area contributed by atoms with Crippen molar-refractivity contribution in [2.24, 2.45) is 56.7 Å². The Kier molecular flexibility index (Phi) is 10.4. The average Bonchev–Trinajstić information content (AvgIpc) is 3.11. The smallest absolute Gasteiger partial charge is 0.315 e. The van der Waals surface area contributed by atoms with E-state index in [4.69, 9.17) is 18.9 Å². The number of hydrogen-bond acceptors (Lipinski definition) is 12. The molecule has 12 nitrogen and oxygen atoms in total. The summed E-state index contributed by atoms with van der Waals surface area (Å²) in [4.78, 5) is 14.6. The number of allylic oxidation sites excluding steroid dienone is 2. The van der Waals surface area contributed by atoms with Crippen LogP contribution in [0.2, 0.25) is 0 Å². The molecule has 12 heteroatoms. The number of ether oxygens (including phenoxy) is 4. The van der Waals surface area contributed by atoms with Gasteiger partial charge < -0.3 is 54.7 Å². The monoisotopic (exact) mass is 750 g/mol. The lowest BCUT2D eigenvalue weighted by Gasteiger charge is -2.71. The topological polar surface area (TPSA) is 196 Å². The van der Waals surface area contributed by atoms with E-state index in [1.807, 2.05) is 0 Å². The fourth-order valence-electron chi connectivity index (χ4n) is 13.5. The Morgan fingerprint density at radius 2 is 1.51 bits per heavy atom. The van der Waals surface area contributed by atoms with E-state index < -0.39 is 73.3 Å². The highest BCUT2D eigenvalue weighted by Crippen LogP contribution is 2.76. The molecule has 302 valence electrons. The van der Waals surface area contributed by atoms with Crippen molar-refractivity contribution < 1.29 is 59.5 Å². The molecule has 2 heterocycles. The molecule has 2 saturated heterocycles. The van der Waals surface area contributed by atoms with E-state index in [2.05, 4.69) is 54.5 Å². The fraction of sp³-hybridized carbons (Fsp3) is 0.927. The quantitative estimate of drug-likeness (QED) is 0.124. The molecule has 7 rings (SSSR count). The summed E-state index contributed by atoms with van der Waals surface area (Å²) in [5, 5.41) is 72.3. The standard InChI is InChI=1S/C41H66O12/c1-20-10-15-41(36(49)53-35-33(48)31(46)30(45)24(18-42)51-35)17-16-39(6)22(28(41)21(20)2)8-9-26-38(5)13-12-27(37(3,4)25(38)11-14-40(26,39)7)52-34-32(47)29(44)23(43)19-50-34/h8,20-21,23-35,42-48H,9-19H2,1-7H3. The van der Waals surface area contributed by atoms with E-state index in [9.17, 15) is 40.5 Å². The molecular weight excluding hydrogens is 684 g/mol. The summed E-state index contributed by atoms with van der Waals surface area (Å²) in [7, 11) is 0. The van der Waals surface area contributed by atoms with Gasteiger partial charge in [0.1, 0.15) is 42.7 Å². The molecule has 0 aromatic carbocycles. The highest BCUT2D eigenvalue weighted by atomic mass is 16.7. The summed E-state index contributed by atoms with van der Waals surface area (Å²) in [6, 6.07) is 0.